The van der Waals surface area contributed by atoms with Gasteiger partial charge in [-0.25, -0.2) is 8.42 Å². The third-order valence-corrected chi connectivity index (χ3v) is 5.94. The smallest absolute Gasteiger partial charge is 0.237 e. The zero-order chi connectivity index (χ0) is 16.3. The summed E-state index contributed by atoms with van der Waals surface area (Å²) in [6.07, 6.45) is 0.516. The van der Waals surface area contributed by atoms with Gasteiger partial charge in [-0.3, -0.25) is 9.69 Å². The van der Waals surface area contributed by atoms with Crippen molar-refractivity contribution in [1.82, 2.24) is 10.2 Å². The average Bonchev–Trinajstić information content (AvgIpc) is 2.79. The fraction of sp³-hybridized carbons (Fsp3) is 0.562. The number of benzene rings is 1. The van der Waals surface area contributed by atoms with Crippen LogP contribution < -0.4 is 5.32 Å². The van der Waals surface area contributed by atoms with Crippen molar-refractivity contribution in [2.45, 2.75) is 38.9 Å². The van der Waals surface area contributed by atoms with Gasteiger partial charge in [0.05, 0.1) is 17.5 Å². The number of nitrogens with zero attached hydrogens (tertiary/aromatic N) is 1. The first-order chi connectivity index (χ1) is 10.3. The molecule has 5 nitrogen and oxygen atoms in total. The molecule has 2 rings (SSSR count). The average molecular weight is 324 g/mol. The Morgan fingerprint density at radius 2 is 2.00 bits per heavy atom. The molecule has 2 atom stereocenters. The van der Waals surface area contributed by atoms with Crippen molar-refractivity contribution in [3.63, 3.8) is 0 Å². The number of amides is 1. The van der Waals surface area contributed by atoms with E-state index < -0.39 is 9.84 Å². The van der Waals surface area contributed by atoms with Crippen LogP contribution in [0.2, 0.25) is 0 Å². The maximum Gasteiger partial charge on any atom is 0.237 e. The van der Waals surface area contributed by atoms with Gasteiger partial charge in [-0.1, -0.05) is 29.8 Å². The lowest BCUT2D eigenvalue weighted by atomic mass is 10.1. The van der Waals surface area contributed by atoms with Crippen LogP contribution in [0.4, 0.5) is 0 Å². The van der Waals surface area contributed by atoms with Gasteiger partial charge in [-0.05, 0) is 32.9 Å². The molecule has 0 bridgehead atoms. The summed E-state index contributed by atoms with van der Waals surface area (Å²) in [4.78, 5) is 14.2. The molecule has 122 valence electrons. The summed E-state index contributed by atoms with van der Waals surface area (Å²) in [7, 11) is -1.07. The Balaban J connectivity index is 1.88. The molecule has 0 radical (unpaired) electrons. The van der Waals surface area contributed by atoms with Crippen molar-refractivity contribution in [2.24, 2.45) is 0 Å². The molecule has 1 aliphatic heterocycles. The number of aryl methyl sites for hydroxylation is 1. The van der Waals surface area contributed by atoms with Crippen molar-refractivity contribution in [3.05, 3.63) is 35.4 Å². The summed E-state index contributed by atoms with van der Waals surface area (Å²) >= 11 is 0. The Labute approximate surface area is 132 Å². The largest absolute Gasteiger partial charge is 0.351 e. The van der Waals surface area contributed by atoms with Gasteiger partial charge in [0.25, 0.3) is 0 Å². The van der Waals surface area contributed by atoms with Crippen LogP contribution in [0.5, 0.6) is 0 Å². The van der Waals surface area contributed by atoms with Crippen molar-refractivity contribution < 1.29 is 13.2 Å². The lowest BCUT2D eigenvalue weighted by molar-refractivity contribution is -0.126. The van der Waals surface area contributed by atoms with Crippen LogP contribution in [0.3, 0.4) is 0 Å². The van der Waals surface area contributed by atoms with Crippen LogP contribution in [-0.4, -0.2) is 49.9 Å². The second-order valence-corrected chi connectivity index (χ2v) is 8.41. The first-order valence-electron chi connectivity index (χ1n) is 7.53. The molecule has 1 aliphatic rings. The highest BCUT2D eigenvalue weighted by Crippen LogP contribution is 2.13. The van der Waals surface area contributed by atoms with Gasteiger partial charge in [0, 0.05) is 12.6 Å². The molecule has 1 amide bonds. The van der Waals surface area contributed by atoms with E-state index >= 15 is 0 Å². The minimum atomic E-state index is -2.97. The predicted octanol–water partition coefficient (Wildman–Crippen LogP) is 1.12. The monoisotopic (exact) mass is 324 g/mol. The van der Waals surface area contributed by atoms with E-state index in [1.807, 2.05) is 25.8 Å². The summed E-state index contributed by atoms with van der Waals surface area (Å²) < 4.78 is 22.9. The molecular formula is C16H24N2O3S. The Hall–Kier alpha value is -1.40. The summed E-state index contributed by atoms with van der Waals surface area (Å²) in [5.41, 5.74) is 2.36. The van der Waals surface area contributed by atoms with Crippen LogP contribution in [0.1, 0.15) is 24.5 Å². The fourth-order valence-corrected chi connectivity index (χ4v) is 4.22. The number of likely N-dealkylation sites (N-methyl/N-ethyl adjacent to an activating group) is 1. The Bertz CT molecular complexity index is 625. The minimum Gasteiger partial charge on any atom is -0.351 e. The van der Waals surface area contributed by atoms with Crippen molar-refractivity contribution >= 4 is 15.7 Å². The number of sulfone groups is 1. The summed E-state index contributed by atoms with van der Waals surface area (Å²) in [5.74, 6) is 0.121. The summed E-state index contributed by atoms with van der Waals surface area (Å²) in [5, 5.41) is 2.85. The van der Waals surface area contributed by atoms with E-state index in [4.69, 9.17) is 0 Å². The third kappa shape index (κ3) is 4.55. The van der Waals surface area contributed by atoms with Crippen LogP contribution in [0.25, 0.3) is 0 Å². The molecular weight excluding hydrogens is 300 g/mol. The minimum absolute atomic E-state index is 0.0626. The van der Waals surface area contributed by atoms with Gasteiger partial charge >= 0.3 is 0 Å². The Kier molecular flexibility index (Phi) is 5.24. The van der Waals surface area contributed by atoms with Crippen LogP contribution in [-0.2, 0) is 21.2 Å². The van der Waals surface area contributed by atoms with Crippen LogP contribution in [0, 0.1) is 6.92 Å². The molecule has 1 N–H and O–H groups in total. The van der Waals surface area contributed by atoms with Gasteiger partial charge in [0.1, 0.15) is 0 Å². The number of hydrogen-bond acceptors (Lipinski definition) is 4. The van der Waals surface area contributed by atoms with Crippen molar-refractivity contribution in [2.75, 3.05) is 18.6 Å². The molecule has 0 unspecified atom stereocenters. The van der Waals surface area contributed by atoms with E-state index in [0.29, 0.717) is 13.0 Å². The Morgan fingerprint density at radius 3 is 2.55 bits per heavy atom. The molecule has 6 heteroatoms. The molecule has 1 fully saturated rings. The highest BCUT2D eigenvalue weighted by Gasteiger charge is 2.30. The maximum atomic E-state index is 12.2. The van der Waals surface area contributed by atoms with Crippen molar-refractivity contribution in [1.29, 1.82) is 0 Å². The van der Waals surface area contributed by atoms with E-state index in [1.165, 1.54) is 5.56 Å². The molecule has 0 aliphatic carbocycles. The lowest BCUT2D eigenvalue weighted by Crippen LogP contribution is -2.47. The number of rotatable bonds is 5. The highest BCUT2D eigenvalue weighted by atomic mass is 32.2. The quantitative estimate of drug-likeness (QED) is 0.881. The zero-order valence-corrected chi connectivity index (χ0v) is 14.2. The molecule has 22 heavy (non-hydrogen) atoms. The molecule has 0 spiro atoms. The number of carbonyl (C=O) groups is 1. The normalized spacial score (nSPS) is 21.7. The van der Waals surface area contributed by atoms with Gasteiger partial charge in [-0.2, -0.15) is 0 Å². The standard InChI is InChI=1S/C16H24N2O3S/c1-12-4-6-14(7-5-12)10-18(3)13(2)16(19)17-15-8-9-22(20,21)11-15/h4-7,13,15H,8-11H2,1-3H3,(H,17,19)/t13-,15-/m1/s1. The lowest BCUT2D eigenvalue weighted by Gasteiger charge is -2.25. The second kappa shape index (κ2) is 6.79. The number of hydrogen-bond donors (Lipinski definition) is 1. The molecule has 1 aromatic carbocycles. The molecule has 0 saturated carbocycles. The molecule has 1 saturated heterocycles. The zero-order valence-electron chi connectivity index (χ0n) is 13.4. The van der Waals surface area contributed by atoms with Crippen LogP contribution >= 0.6 is 0 Å². The van der Waals surface area contributed by atoms with Crippen LogP contribution in [0.15, 0.2) is 24.3 Å². The SMILES string of the molecule is Cc1ccc(CN(C)[C@H](C)C(=O)N[C@@H]2CCS(=O)(=O)C2)cc1. The third-order valence-electron chi connectivity index (χ3n) is 4.17. The van der Waals surface area contributed by atoms with Gasteiger partial charge < -0.3 is 5.32 Å². The topological polar surface area (TPSA) is 66.5 Å². The highest BCUT2D eigenvalue weighted by molar-refractivity contribution is 7.91. The van der Waals surface area contributed by atoms with Gasteiger partial charge in [0.15, 0.2) is 9.84 Å². The van der Waals surface area contributed by atoms with E-state index in [1.54, 1.807) is 0 Å². The summed E-state index contributed by atoms with van der Waals surface area (Å²) in [6, 6.07) is 7.67. The molecule has 1 aromatic rings. The second-order valence-electron chi connectivity index (χ2n) is 6.19. The Morgan fingerprint density at radius 1 is 1.36 bits per heavy atom. The molecule has 0 aromatic heterocycles. The van der Waals surface area contributed by atoms with E-state index in [0.717, 1.165) is 5.56 Å². The van der Waals surface area contributed by atoms with Gasteiger partial charge in [0.2, 0.25) is 5.91 Å². The number of carbonyl (C=O) groups excluding carboxylic acids is 1. The molecule has 1 heterocycles. The van der Waals surface area contributed by atoms with E-state index in [9.17, 15) is 13.2 Å². The van der Waals surface area contributed by atoms with Gasteiger partial charge in [-0.15, -0.1) is 0 Å². The van der Waals surface area contributed by atoms with Crippen molar-refractivity contribution in [3.8, 4) is 0 Å². The first-order valence-corrected chi connectivity index (χ1v) is 9.35. The number of nitrogens with one attached hydrogen (secondary N) is 1. The van der Waals surface area contributed by atoms with E-state index in [-0.39, 0.29) is 29.5 Å². The first kappa shape index (κ1) is 17.0. The summed E-state index contributed by atoms with van der Waals surface area (Å²) in [6.45, 7) is 4.56. The fourth-order valence-electron chi connectivity index (χ4n) is 2.55. The maximum absolute atomic E-state index is 12.2. The predicted molar refractivity (Wildman–Crippen MR) is 87.3 cm³/mol. The van der Waals surface area contributed by atoms with E-state index in [2.05, 4.69) is 29.6 Å².